The van der Waals surface area contributed by atoms with Gasteiger partial charge in [-0.2, -0.15) is 9.40 Å². The first-order valence-electron chi connectivity index (χ1n) is 11.5. The summed E-state index contributed by atoms with van der Waals surface area (Å²) in [6.07, 6.45) is 1.79. The van der Waals surface area contributed by atoms with Crippen molar-refractivity contribution in [1.82, 2.24) is 19.4 Å². The van der Waals surface area contributed by atoms with Crippen LogP contribution in [0.3, 0.4) is 0 Å². The van der Waals surface area contributed by atoms with Crippen LogP contribution in [0.15, 0.2) is 59.5 Å². The lowest BCUT2D eigenvalue weighted by Crippen LogP contribution is -2.37. The molecule has 3 aromatic rings. The number of anilines is 1. The van der Waals surface area contributed by atoms with Crippen molar-refractivity contribution in [1.29, 1.82) is 0 Å². The molecule has 1 atom stereocenters. The van der Waals surface area contributed by atoms with Gasteiger partial charge in [-0.25, -0.2) is 13.1 Å². The van der Waals surface area contributed by atoms with Crippen LogP contribution in [0, 0.1) is 13.8 Å². The molecule has 2 heterocycles. The van der Waals surface area contributed by atoms with Crippen molar-refractivity contribution < 1.29 is 13.2 Å². The van der Waals surface area contributed by atoms with E-state index in [2.05, 4.69) is 15.7 Å². The van der Waals surface area contributed by atoms with Crippen LogP contribution in [-0.2, 0) is 21.4 Å². The van der Waals surface area contributed by atoms with Crippen LogP contribution in [0.25, 0.3) is 5.69 Å². The van der Waals surface area contributed by atoms with Crippen LogP contribution < -0.4 is 10.6 Å². The number of nitrogens with zero attached hydrogens (tertiary/aromatic N) is 3. The molecule has 1 saturated heterocycles. The van der Waals surface area contributed by atoms with E-state index in [9.17, 15) is 13.2 Å². The summed E-state index contributed by atoms with van der Waals surface area (Å²) in [5.74, 6) is -0.194. The average Bonchev–Trinajstić information content (AvgIpc) is 3.48. The third-order valence-electron chi connectivity index (χ3n) is 6.24. The standard InChI is InChI=1S/C25H31N5O3S/c1-18-24(20(3)30(28-18)22-9-5-4-6-10-22)17-26-19(2)25(31)27-21-11-13-23(14-12-21)34(32,33)29-15-7-8-16-29/h4-6,9-14,19,26H,7-8,15-17H2,1-3H3,(H,27,31)/t19-/m0/s1. The number of aryl methyl sites for hydroxylation is 1. The number of hydrogen-bond acceptors (Lipinski definition) is 5. The smallest absolute Gasteiger partial charge is 0.243 e. The van der Waals surface area contributed by atoms with Crippen molar-refractivity contribution in [2.24, 2.45) is 0 Å². The summed E-state index contributed by atoms with van der Waals surface area (Å²) in [6.45, 7) is 7.42. The Morgan fingerprint density at radius 1 is 1.03 bits per heavy atom. The molecular weight excluding hydrogens is 450 g/mol. The fraction of sp³-hybridized carbons (Fsp3) is 0.360. The normalized spacial score (nSPS) is 15.4. The maximum atomic E-state index is 12.7. The highest BCUT2D eigenvalue weighted by atomic mass is 32.2. The van der Waals surface area contributed by atoms with Gasteiger partial charge in [0.15, 0.2) is 0 Å². The van der Waals surface area contributed by atoms with Crippen LogP contribution in [0.2, 0.25) is 0 Å². The molecule has 1 amide bonds. The van der Waals surface area contributed by atoms with Gasteiger partial charge in [-0.1, -0.05) is 18.2 Å². The van der Waals surface area contributed by atoms with Crippen molar-refractivity contribution >= 4 is 21.6 Å². The van der Waals surface area contributed by atoms with Crippen LogP contribution in [0.4, 0.5) is 5.69 Å². The molecule has 0 spiro atoms. The topological polar surface area (TPSA) is 96.3 Å². The van der Waals surface area contributed by atoms with E-state index >= 15 is 0 Å². The summed E-state index contributed by atoms with van der Waals surface area (Å²) in [7, 11) is -3.47. The van der Waals surface area contributed by atoms with E-state index < -0.39 is 16.1 Å². The number of carbonyl (C=O) groups excluding carboxylic acids is 1. The Hall–Kier alpha value is -3.01. The van der Waals surface area contributed by atoms with E-state index in [1.165, 1.54) is 4.31 Å². The Labute approximate surface area is 201 Å². The maximum absolute atomic E-state index is 12.7. The highest BCUT2D eigenvalue weighted by Gasteiger charge is 2.27. The maximum Gasteiger partial charge on any atom is 0.243 e. The second-order valence-corrected chi connectivity index (χ2v) is 10.6. The first-order chi connectivity index (χ1) is 16.3. The fourth-order valence-corrected chi connectivity index (χ4v) is 5.65. The number of carbonyl (C=O) groups is 1. The van der Waals surface area contributed by atoms with Crippen molar-refractivity contribution in [2.45, 2.75) is 51.1 Å². The van der Waals surface area contributed by atoms with Gasteiger partial charge >= 0.3 is 0 Å². The molecule has 34 heavy (non-hydrogen) atoms. The van der Waals surface area contributed by atoms with E-state index in [4.69, 9.17) is 0 Å². The Morgan fingerprint density at radius 2 is 1.68 bits per heavy atom. The number of benzene rings is 2. The summed E-state index contributed by atoms with van der Waals surface area (Å²) >= 11 is 0. The number of amides is 1. The summed E-state index contributed by atoms with van der Waals surface area (Å²) < 4.78 is 28.8. The molecule has 1 aliphatic rings. The quantitative estimate of drug-likeness (QED) is 0.514. The lowest BCUT2D eigenvalue weighted by Gasteiger charge is -2.17. The monoisotopic (exact) mass is 481 g/mol. The summed E-state index contributed by atoms with van der Waals surface area (Å²) in [5.41, 5.74) is 4.55. The molecule has 0 bridgehead atoms. The molecule has 9 heteroatoms. The fourth-order valence-electron chi connectivity index (χ4n) is 4.14. The highest BCUT2D eigenvalue weighted by molar-refractivity contribution is 7.89. The van der Waals surface area contributed by atoms with Gasteiger partial charge in [0.1, 0.15) is 0 Å². The SMILES string of the molecule is Cc1nn(-c2ccccc2)c(C)c1CN[C@@H](C)C(=O)Nc1ccc(S(=O)(=O)N2CCCC2)cc1. The average molecular weight is 482 g/mol. The number of aromatic nitrogens is 2. The molecule has 0 unspecified atom stereocenters. The van der Waals surface area contributed by atoms with Gasteiger partial charge in [-0.05, 0) is 70.0 Å². The molecule has 0 saturated carbocycles. The molecule has 4 rings (SSSR count). The molecule has 1 fully saturated rings. The van der Waals surface area contributed by atoms with Crippen LogP contribution in [0.1, 0.15) is 36.7 Å². The molecule has 8 nitrogen and oxygen atoms in total. The second kappa shape index (κ2) is 10.1. The zero-order valence-electron chi connectivity index (χ0n) is 19.8. The minimum absolute atomic E-state index is 0.194. The Kier molecular flexibility index (Phi) is 7.16. The van der Waals surface area contributed by atoms with Crippen LogP contribution in [-0.4, -0.2) is 47.5 Å². The van der Waals surface area contributed by atoms with Gasteiger partial charge in [0.2, 0.25) is 15.9 Å². The summed E-state index contributed by atoms with van der Waals surface area (Å²) in [5, 5.41) is 10.8. The van der Waals surface area contributed by atoms with E-state index in [-0.39, 0.29) is 10.8 Å². The van der Waals surface area contributed by atoms with Crippen molar-refractivity contribution in [3.63, 3.8) is 0 Å². The Balaban J connectivity index is 1.36. The summed E-state index contributed by atoms with van der Waals surface area (Å²) in [6, 6.07) is 15.8. The molecule has 2 N–H and O–H groups in total. The van der Waals surface area contributed by atoms with Gasteiger partial charge in [-0.3, -0.25) is 4.79 Å². The van der Waals surface area contributed by atoms with Gasteiger partial charge in [0.05, 0.1) is 22.3 Å². The van der Waals surface area contributed by atoms with Gasteiger partial charge in [0, 0.05) is 36.6 Å². The first kappa shape index (κ1) is 24.1. The minimum Gasteiger partial charge on any atom is -0.325 e. The van der Waals surface area contributed by atoms with Crippen LogP contribution in [0.5, 0.6) is 0 Å². The molecular formula is C25H31N5O3S. The number of rotatable bonds is 8. The predicted molar refractivity (Wildman–Crippen MR) is 132 cm³/mol. The first-order valence-corrected chi connectivity index (χ1v) is 13.0. The highest BCUT2D eigenvalue weighted by Crippen LogP contribution is 2.22. The zero-order valence-corrected chi connectivity index (χ0v) is 20.6. The molecule has 1 aliphatic heterocycles. The third kappa shape index (κ3) is 5.06. The molecule has 180 valence electrons. The molecule has 1 aromatic heterocycles. The predicted octanol–water partition coefficient (Wildman–Crippen LogP) is 3.39. The lowest BCUT2D eigenvalue weighted by atomic mass is 10.1. The Bertz CT molecular complexity index is 1250. The van der Waals surface area contributed by atoms with Gasteiger partial charge < -0.3 is 10.6 Å². The molecule has 0 radical (unpaired) electrons. The number of nitrogens with one attached hydrogen (secondary N) is 2. The van der Waals surface area contributed by atoms with E-state index in [1.54, 1.807) is 31.2 Å². The second-order valence-electron chi connectivity index (χ2n) is 8.62. The molecule has 0 aliphatic carbocycles. The summed E-state index contributed by atoms with van der Waals surface area (Å²) in [4.78, 5) is 13.0. The number of hydrogen-bond donors (Lipinski definition) is 2. The van der Waals surface area contributed by atoms with Gasteiger partial charge in [-0.15, -0.1) is 0 Å². The lowest BCUT2D eigenvalue weighted by molar-refractivity contribution is -0.117. The van der Waals surface area contributed by atoms with E-state index in [0.29, 0.717) is 25.3 Å². The minimum atomic E-state index is -3.47. The molecule has 2 aromatic carbocycles. The van der Waals surface area contributed by atoms with Crippen molar-refractivity contribution in [2.75, 3.05) is 18.4 Å². The third-order valence-corrected chi connectivity index (χ3v) is 8.16. The van der Waals surface area contributed by atoms with E-state index in [1.807, 2.05) is 48.9 Å². The van der Waals surface area contributed by atoms with Crippen LogP contribution >= 0.6 is 0 Å². The Morgan fingerprint density at radius 3 is 2.32 bits per heavy atom. The largest absolute Gasteiger partial charge is 0.325 e. The zero-order chi connectivity index (χ0) is 24.3. The number of para-hydroxylation sites is 1. The van der Waals surface area contributed by atoms with Crippen molar-refractivity contribution in [3.8, 4) is 5.69 Å². The van der Waals surface area contributed by atoms with E-state index in [0.717, 1.165) is 35.5 Å². The number of sulfonamides is 1. The van der Waals surface area contributed by atoms with Crippen molar-refractivity contribution in [3.05, 3.63) is 71.5 Å². The van der Waals surface area contributed by atoms with Gasteiger partial charge in [0.25, 0.3) is 0 Å².